The van der Waals surface area contributed by atoms with Gasteiger partial charge in [-0.1, -0.05) is 19.3 Å². The van der Waals surface area contributed by atoms with E-state index >= 15 is 0 Å². The molecule has 2 aliphatic rings. The van der Waals surface area contributed by atoms with Crippen LogP contribution >= 0.6 is 0 Å². The van der Waals surface area contributed by atoms with Gasteiger partial charge in [0.2, 0.25) is 11.8 Å². The highest BCUT2D eigenvalue weighted by molar-refractivity contribution is 6.03. The summed E-state index contributed by atoms with van der Waals surface area (Å²) in [5, 5.41) is 9.01. The number of carbonyl (C=O) groups is 3. The number of aliphatic carboxylic acids is 1. The fraction of sp³-hybridized carbons (Fsp3) is 0.750. The topological polar surface area (TPSA) is 74.7 Å². The zero-order chi connectivity index (χ0) is 12.5. The number of nitrogens with zero attached hydrogens (tertiary/aromatic N) is 1. The molecule has 5 heteroatoms. The molecule has 2 amide bonds. The summed E-state index contributed by atoms with van der Waals surface area (Å²) in [4.78, 5) is 35.8. The Morgan fingerprint density at radius 2 is 1.65 bits per heavy atom. The maximum absolute atomic E-state index is 11.8. The number of carboxylic acids is 1. The molecule has 1 heterocycles. The summed E-state index contributed by atoms with van der Waals surface area (Å²) in [6.07, 6.45) is 4.48. The molecule has 1 saturated heterocycles. The minimum atomic E-state index is -0.931. The molecule has 2 rings (SSSR count). The fourth-order valence-electron chi connectivity index (χ4n) is 3.08. The highest BCUT2D eigenvalue weighted by Gasteiger charge is 2.47. The molecule has 0 radical (unpaired) electrons. The van der Waals surface area contributed by atoms with Crippen LogP contribution in [-0.4, -0.2) is 33.3 Å². The first-order valence-electron chi connectivity index (χ1n) is 6.13. The van der Waals surface area contributed by atoms with Crippen molar-refractivity contribution in [1.82, 2.24) is 4.90 Å². The molecule has 1 aliphatic heterocycles. The van der Waals surface area contributed by atoms with Gasteiger partial charge in [0.05, 0.1) is 12.0 Å². The highest BCUT2D eigenvalue weighted by Crippen LogP contribution is 2.39. The van der Waals surface area contributed by atoms with Crippen LogP contribution in [0.5, 0.6) is 0 Å². The first kappa shape index (κ1) is 12.1. The predicted molar refractivity (Wildman–Crippen MR) is 59.2 cm³/mol. The first-order chi connectivity index (χ1) is 8.05. The van der Waals surface area contributed by atoms with Gasteiger partial charge in [0, 0.05) is 12.8 Å². The first-order valence-corrected chi connectivity index (χ1v) is 6.13. The number of amides is 2. The molecule has 0 bridgehead atoms. The smallest absolute Gasteiger partial charge is 0.305 e. The van der Waals surface area contributed by atoms with E-state index in [2.05, 4.69) is 0 Å². The van der Waals surface area contributed by atoms with Crippen LogP contribution in [0.25, 0.3) is 0 Å². The lowest BCUT2D eigenvalue weighted by molar-refractivity contribution is -0.151. The molecule has 0 spiro atoms. The Balaban J connectivity index is 2.28. The van der Waals surface area contributed by atoms with E-state index in [0.29, 0.717) is 12.8 Å². The van der Waals surface area contributed by atoms with Gasteiger partial charge in [-0.05, 0) is 12.8 Å². The highest BCUT2D eigenvalue weighted by atomic mass is 16.4. The Morgan fingerprint density at radius 1 is 1.12 bits per heavy atom. The Hall–Kier alpha value is -1.39. The monoisotopic (exact) mass is 239 g/mol. The van der Waals surface area contributed by atoms with Gasteiger partial charge in [-0.15, -0.1) is 0 Å². The molecular formula is C12H17NO4. The van der Waals surface area contributed by atoms with Crippen molar-refractivity contribution in [3.63, 3.8) is 0 Å². The molecule has 0 aromatic heterocycles. The quantitative estimate of drug-likeness (QED) is 0.753. The Labute approximate surface area is 99.8 Å². The molecule has 17 heavy (non-hydrogen) atoms. The minimum Gasteiger partial charge on any atom is -0.481 e. The number of rotatable bonds is 3. The Bertz CT molecular complexity index is 342. The number of imide groups is 1. The summed E-state index contributed by atoms with van der Waals surface area (Å²) in [7, 11) is 0. The van der Waals surface area contributed by atoms with Crippen LogP contribution in [0.2, 0.25) is 0 Å². The predicted octanol–water partition coefficient (Wildman–Crippen LogP) is 1.31. The molecular weight excluding hydrogens is 222 g/mol. The van der Waals surface area contributed by atoms with Gasteiger partial charge >= 0.3 is 5.97 Å². The largest absolute Gasteiger partial charge is 0.481 e. The normalized spacial score (nSPS) is 24.1. The van der Waals surface area contributed by atoms with Crippen molar-refractivity contribution in [2.75, 3.05) is 0 Å². The fourth-order valence-corrected chi connectivity index (χ4v) is 3.08. The van der Waals surface area contributed by atoms with E-state index in [1.807, 2.05) is 0 Å². The second-order valence-corrected chi connectivity index (χ2v) is 4.98. The van der Waals surface area contributed by atoms with Crippen LogP contribution in [0.4, 0.5) is 0 Å². The molecule has 1 aliphatic carbocycles. The standard InChI is InChI=1S/C12H17NO4/c14-9-4-5-10(15)13(9)12(8-11(16)17)6-2-1-3-7-12/h1-8H2,(H,16,17). The molecule has 2 fully saturated rings. The van der Waals surface area contributed by atoms with Crippen molar-refractivity contribution >= 4 is 17.8 Å². The zero-order valence-corrected chi connectivity index (χ0v) is 9.78. The third-order valence-electron chi connectivity index (χ3n) is 3.79. The third kappa shape index (κ3) is 2.18. The summed E-state index contributed by atoms with van der Waals surface area (Å²) in [6, 6.07) is 0. The van der Waals surface area contributed by atoms with Crippen LogP contribution in [0.15, 0.2) is 0 Å². The number of hydrogen-bond acceptors (Lipinski definition) is 3. The molecule has 5 nitrogen and oxygen atoms in total. The van der Waals surface area contributed by atoms with E-state index in [1.54, 1.807) is 0 Å². The van der Waals surface area contributed by atoms with Crippen LogP contribution < -0.4 is 0 Å². The summed E-state index contributed by atoms with van der Waals surface area (Å²) >= 11 is 0. The minimum absolute atomic E-state index is 0.107. The van der Waals surface area contributed by atoms with Gasteiger partial charge < -0.3 is 5.11 Å². The van der Waals surface area contributed by atoms with E-state index in [0.717, 1.165) is 19.3 Å². The van der Waals surface area contributed by atoms with E-state index in [4.69, 9.17) is 5.11 Å². The maximum Gasteiger partial charge on any atom is 0.305 e. The molecule has 1 N–H and O–H groups in total. The van der Waals surface area contributed by atoms with Crippen molar-refractivity contribution in [1.29, 1.82) is 0 Å². The number of likely N-dealkylation sites (tertiary alicyclic amines) is 1. The zero-order valence-electron chi connectivity index (χ0n) is 9.78. The lowest BCUT2D eigenvalue weighted by Gasteiger charge is -2.42. The van der Waals surface area contributed by atoms with E-state index in [-0.39, 0.29) is 31.1 Å². The third-order valence-corrected chi connectivity index (χ3v) is 3.79. The van der Waals surface area contributed by atoms with Crippen molar-refractivity contribution in [3.05, 3.63) is 0 Å². The summed E-state index contributed by atoms with van der Waals surface area (Å²) in [6.45, 7) is 0. The SMILES string of the molecule is O=C(O)CC1(N2C(=O)CCC2=O)CCCCC1. The lowest BCUT2D eigenvalue weighted by Crippen LogP contribution is -2.53. The maximum atomic E-state index is 11.8. The van der Waals surface area contributed by atoms with Crippen LogP contribution in [-0.2, 0) is 14.4 Å². The average molecular weight is 239 g/mol. The van der Waals surface area contributed by atoms with Crippen molar-refractivity contribution in [3.8, 4) is 0 Å². The van der Waals surface area contributed by atoms with E-state index in [1.165, 1.54) is 4.90 Å². The van der Waals surface area contributed by atoms with Gasteiger partial charge in [-0.2, -0.15) is 0 Å². The van der Waals surface area contributed by atoms with Gasteiger partial charge in [0.15, 0.2) is 0 Å². The van der Waals surface area contributed by atoms with E-state index in [9.17, 15) is 14.4 Å². The average Bonchev–Trinajstić information content (AvgIpc) is 2.59. The Morgan fingerprint density at radius 3 is 2.12 bits per heavy atom. The number of carbonyl (C=O) groups excluding carboxylic acids is 2. The van der Waals surface area contributed by atoms with Gasteiger partial charge in [0.1, 0.15) is 0 Å². The second kappa shape index (κ2) is 4.47. The summed E-state index contributed by atoms with van der Waals surface area (Å²) < 4.78 is 0. The second-order valence-electron chi connectivity index (χ2n) is 4.98. The van der Waals surface area contributed by atoms with Crippen LogP contribution in [0.1, 0.15) is 51.4 Å². The van der Waals surface area contributed by atoms with Crippen molar-refractivity contribution in [2.45, 2.75) is 56.9 Å². The van der Waals surface area contributed by atoms with Gasteiger partial charge in [-0.25, -0.2) is 0 Å². The molecule has 0 unspecified atom stereocenters. The van der Waals surface area contributed by atoms with Crippen LogP contribution in [0.3, 0.4) is 0 Å². The summed E-state index contributed by atoms with van der Waals surface area (Å²) in [5.41, 5.74) is -0.741. The molecule has 0 aromatic rings. The van der Waals surface area contributed by atoms with Gasteiger partial charge in [0.25, 0.3) is 0 Å². The summed E-state index contributed by atoms with van der Waals surface area (Å²) in [5.74, 6) is -1.32. The number of carboxylic acid groups (broad SMARTS) is 1. The molecule has 0 aromatic carbocycles. The number of hydrogen-bond donors (Lipinski definition) is 1. The molecule has 1 saturated carbocycles. The molecule has 0 atom stereocenters. The van der Waals surface area contributed by atoms with E-state index < -0.39 is 11.5 Å². The van der Waals surface area contributed by atoms with Gasteiger partial charge in [-0.3, -0.25) is 19.3 Å². The van der Waals surface area contributed by atoms with Crippen LogP contribution in [0, 0.1) is 0 Å². The molecule has 94 valence electrons. The Kier molecular flexibility index (Phi) is 3.17. The lowest BCUT2D eigenvalue weighted by atomic mass is 9.78. The van der Waals surface area contributed by atoms with Crippen molar-refractivity contribution < 1.29 is 19.5 Å². The van der Waals surface area contributed by atoms with Crippen molar-refractivity contribution in [2.24, 2.45) is 0 Å².